The quantitative estimate of drug-likeness (QED) is 0.310. The van der Waals surface area contributed by atoms with E-state index in [0.717, 1.165) is 0 Å². The van der Waals surface area contributed by atoms with Crippen LogP contribution in [0.5, 0.6) is 0 Å². The van der Waals surface area contributed by atoms with Crippen molar-refractivity contribution in [2.45, 2.75) is 3.95 Å². The minimum atomic E-state index is -4.32. The molecule has 0 aromatic heterocycles. The van der Waals surface area contributed by atoms with Crippen LogP contribution < -0.4 is 0 Å². The summed E-state index contributed by atoms with van der Waals surface area (Å²) in [6, 6.07) is 0. The molecule has 0 aliphatic rings. The number of hydrogen-bond acceptors (Lipinski definition) is 3. The van der Waals surface area contributed by atoms with Gasteiger partial charge in [-0.15, -0.1) is 12.6 Å². The largest absolute Gasteiger partial charge is 0.356 e. The predicted octanol–water partition coefficient (Wildman–Crippen LogP) is 0.916. The van der Waals surface area contributed by atoms with Gasteiger partial charge < -0.3 is 9.79 Å². The second-order valence-corrected chi connectivity index (χ2v) is 5.88. The standard InChI is InChI=1S/C2H6ClO3PS2/c3-2(9,1-8)7(4,5)6/h8-9H,1H2,(H2,4,5,6). The normalized spacial score (nSPS) is 19.2. The molecule has 0 saturated carbocycles. The molecule has 0 saturated heterocycles. The molecule has 7 heteroatoms. The van der Waals surface area contributed by atoms with E-state index in [1.807, 2.05) is 0 Å². The third-order valence-corrected chi connectivity index (χ3v) is 4.59. The van der Waals surface area contributed by atoms with Crippen LogP contribution in [0, 0.1) is 0 Å². The van der Waals surface area contributed by atoms with E-state index < -0.39 is 11.5 Å². The Morgan fingerprint density at radius 1 is 1.67 bits per heavy atom. The third-order valence-electron chi connectivity index (χ3n) is 0.648. The van der Waals surface area contributed by atoms with Crippen molar-refractivity contribution in [1.29, 1.82) is 0 Å². The van der Waals surface area contributed by atoms with Crippen molar-refractivity contribution >= 4 is 44.5 Å². The van der Waals surface area contributed by atoms with Crippen LogP contribution in [0.2, 0.25) is 0 Å². The van der Waals surface area contributed by atoms with Gasteiger partial charge >= 0.3 is 7.60 Å². The van der Waals surface area contributed by atoms with Gasteiger partial charge in [0.05, 0.1) is 0 Å². The number of thiol groups is 2. The molecule has 0 aromatic carbocycles. The molecule has 0 fully saturated rings. The topological polar surface area (TPSA) is 57.5 Å². The molecular weight excluding hydrogens is 203 g/mol. The first kappa shape index (κ1) is 10.1. The maximum absolute atomic E-state index is 10.3. The van der Waals surface area contributed by atoms with Crippen molar-refractivity contribution in [1.82, 2.24) is 0 Å². The fourth-order valence-electron chi connectivity index (χ4n) is 0.0921. The molecule has 2 N–H and O–H groups in total. The van der Waals surface area contributed by atoms with Crippen molar-refractivity contribution in [3.8, 4) is 0 Å². The van der Waals surface area contributed by atoms with Gasteiger partial charge in [-0.05, 0) is 0 Å². The van der Waals surface area contributed by atoms with E-state index in [9.17, 15) is 4.57 Å². The lowest BCUT2D eigenvalue weighted by Crippen LogP contribution is -2.14. The van der Waals surface area contributed by atoms with E-state index in [1.165, 1.54) is 0 Å². The highest BCUT2D eigenvalue weighted by Gasteiger charge is 2.40. The second kappa shape index (κ2) is 3.03. The zero-order chi connectivity index (χ0) is 7.71. The molecule has 0 aliphatic carbocycles. The van der Waals surface area contributed by atoms with E-state index in [4.69, 9.17) is 21.4 Å². The van der Waals surface area contributed by atoms with Crippen LogP contribution in [0.4, 0.5) is 0 Å². The van der Waals surface area contributed by atoms with Crippen molar-refractivity contribution in [2.24, 2.45) is 0 Å². The highest BCUT2D eigenvalue weighted by Crippen LogP contribution is 2.56. The SMILES string of the molecule is O=P(O)(O)C(S)(Cl)CS. The molecule has 0 amide bonds. The number of halogens is 1. The summed E-state index contributed by atoms with van der Waals surface area (Å²) in [7, 11) is -4.32. The van der Waals surface area contributed by atoms with E-state index in [0.29, 0.717) is 0 Å². The Morgan fingerprint density at radius 3 is 2.00 bits per heavy atom. The molecule has 0 bridgehead atoms. The fraction of sp³-hybridized carbons (Fsp3) is 1.00. The average molecular weight is 209 g/mol. The van der Waals surface area contributed by atoms with Gasteiger partial charge in [0.25, 0.3) is 0 Å². The zero-order valence-corrected chi connectivity index (χ0v) is 7.67. The Morgan fingerprint density at radius 2 is 2.00 bits per heavy atom. The summed E-state index contributed by atoms with van der Waals surface area (Å²) in [5.74, 6) is -0.179. The molecule has 0 aliphatic heterocycles. The first-order chi connectivity index (χ1) is 3.81. The highest BCUT2D eigenvalue weighted by molar-refractivity contribution is 7.95. The lowest BCUT2D eigenvalue weighted by molar-refractivity contribution is 0.368. The van der Waals surface area contributed by atoms with Crippen LogP contribution >= 0.6 is 44.5 Å². The van der Waals surface area contributed by atoms with Crippen LogP contribution in [-0.4, -0.2) is 19.5 Å². The maximum atomic E-state index is 10.3. The Bertz CT molecular complexity index is 143. The summed E-state index contributed by atoms with van der Waals surface area (Å²) in [4.78, 5) is 16.8. The lowest BCUT2D eigenvalue weighted by atomic mass is 10.9. The monoisotopic (exact) mass is 208 g/mol. The Hall–Kier alpha value is 1.14. The lowest BCUT2D eigenvalue weighted by Gasteiger charge is -2.18. The fourth-order valence-corrected chi connectivity index (χ4v) is 0.829. The molecule has 1 unspecified atom stereocenters. The van der Waals surface area contributed by atoms with Gasteiger partial charge in [0.1, 0.15) is 0 Å². The van der Waals surface area contributed by atoms with Gasteiger partial charge in [0.15, 0.2) is 3.95 Å². The molecule has 1 atom stereocenters. The predicted molar refractivity (Wildman–Crippen MR) is 43.5 cm³/mol. The molecule has 0 rings (SSSR count). The van der Waals surface area contributed by atoms with Crippen LogP contribution in [0.25, 0.3) is 0 Å². The van der Waals surface area contributed by atoms with E-state index in [1.54, 1.807) is 0 Å². The third kappa shape index (κ3) is 2.70. The Labute approximate surface area is 68.8 Å². The van der Waals surface area contributed by atoms with Crippen molar-refractivity contribution in [3.63, 3.8) is 0 Å². The van der Waals surface area contributed by atoms with Crippen LogP contribution in [0.1, 0.15) is 0 Å². The summed E-state index contributed by atoms with van der Waals surface area (Å²) in [5, 5.41) is 0. The molecule has 0 heterocycles. The van der Waals surface area contributed by atoms with E-state index in [2.05, 4.69) is 25.3 Å². The Balaban J connectivity index is 4.34. The minimum Gasteiger partial charge on any atom is -0.323 e. The molecule has 0 spiro atoms. The van der Waals surface area contributed by atoms with Gasteiger partial charge in [-0.3, -0.25) is 4.57 Å². The molecular formula is C2H6ClO3PS2. The first-order valence-electron chi connectivity index (χ1n) is 1.89. The van der Waals surface area contributed by atoms with Crippen LogP contribution in [0.3, 0.4) is 0 Å². The number of hydrogen-bond donors (Lipinski definition) is 4. The summed E-state index contributed by atoms with van der Waals surface area (Å²) in [6.07, 6.45) is 0. The molecule has 0 radical (unpaired) electrons. The molecule has 0 aromatic rings. The number of rotatable bonds is 2. The van der Waals surface area contributed by atoms with Crippen molar-refractivity contribution in [2.75, 3.05) is 5.75 Å². The summed E-state index contributed by atoms with van der Waals surface area (Å²) >= 11 is 12.3. The second-order valence-electron chi connectivity index (χ2n) is 1.42. The van der Waals surface area contributed by atoms with E-state index in [-0.39, 0.29) is 5.75 Å². The highest BCUT2D eigenvalue weighted by atomic mass is 35.5. The first-order valence-corrected chi connectivity index (χ1v) is 4.96. The average Bonchev–Trinajstić information content (AvgIpc) is 1.64. The van der Waals surface area contributed by atoms with Crippen LogP contribution in [0.15, 0.2) is 0 Å². The molecule has 3 nitrogen and oxygen atoms in total. The van der Waals surface area contributed by atoms with Crippen molar-refractivity contribution < 1.29 is 14.4 Å². The Kier molecular flexibility index (Phi) is 3.41. The summed E-state index contributed by atoms with van der Waals surface area (Å²) < 4.78 is 8.50. The zero-order valence-electron chi connectivity index (χ0n) is 4.23. The summed E-state index contributed by atoms with van der Waals surface area (Å²) in [5.41, 5.74) is 0. The molecule has 56 valence electrons. The van der Waals surface area contributed by atoms with E-state index >= 15 is 0 Å². The summed E-state index contributed by atoms with van der Waals surface area (Å²) in [6.45, 7) is 0. The van der Waals surface area contributed by atoms with Gasteiger partial charge in [-0.25, -0.2) is 0 Å². The van der Waals surface area contributed by atoms with Gasteiger partial charge in [0, 0.05) is 5.75 Å². The van der Waals surface area contributed by atoms with Gasteiger partial charge in [-0.1, -0.05) is 11.6 Å². The van der Waals surface area contributed by atoms with Gasteiger partial charge in [-0.2, -0.15) is 12.6 Å². The molecule has 9 heavy (non-hydrogen) atoms. The van der Waals surface area contributed by atoms with Crippen LogP contribution in [-0.2, 0) is 4.57 Å². The maximum Gasteiger partial charge on any atom is 0.356 e. The smallest absolute Gasteiger partial charge is 0.323 e. The van der Waals surface area contributed by atoms with Crippen molar-refractivity contribution in [3.05, 3.63) is 0 Å². The van der Waals surface area contributed by atoms with Gasteiger partial charge in [0.2, 0.25) is 0 Å². The minimum absolute atomic E-state index is 0.179. The number of alkyl halides is 1.